The molecule has 3 nitrogen and oxygen atoms in total. The van der Waals surface area contributed by atoms with Crippen LogP contribution in [0.15, 0.2) is 29.6 Å². The van der Waals surface area contributed by atoms with Crippen LogP contribution in [0.2, 0.25) is 0 Å². The number of benzene rings is 1. The first-order valence-electron chi connectivity index (χ1n) is 5.57. The Hall–Kier alpha value is -1.39. The van der Waals surface area contributed by atoms with Crippen LogP contribution < -0.4 is 10.2 Å². The summed E-state index contributed by atoms with van der Waals surface area (Å²) in [6.45, 7) is 0.903. The van der Waals surface area contributed by atoms with Crippen LogP contribution in [-0.2, 0) is 6.54 Å². The van der Waals surface area contributed by atoms with E-state index in [1.54, 1.807) is 11.3 Å². The standard InChI is InChI=1S/C13H17N3S/c1-14-8-10-4-6-11(7-5-10)12-9-17-13(15-12)16(2)3/h4-7,9,14H,8H2,1-3H3. The Morgan fingerprint density at radius 2 is 1.94 bits per heavy atom. The van der Waals surface area contributed by atoms with Crippen molar-refractivity contribution in [2.24, 2.45) is 0 Å². The highest BCUT2D eigenvalue weighted by molar-refractivity contribution is 7.14. The second kappa shape index (κ2) is 5.29. The molecule has 2 aromatic rings. The molecule has 1 N–H and O–H groups in total. The van der Waals surface area contributed by atoms with E-state index in [1.165, 1.54) is 11.1 Å². The van der Waals surface area contributed by atoms with E-state index in [2.05, 4.69) is 39.9 Å². The number of thiazole rings is 1. The van der Waals surface area contributed by atoms with Crippen LogP contribution in [0.25, 0.3) is 11.3 Å². The monoisotopic (exact) mass is 247 g/mol. The van der Waals surface area contributed by atoms with E-state index < -0.39 is 0 Å². The average molecular weight is 247 g/mol. The van der Waals surface area contributed by atoms with Crippen LogP contribution in [0.3, 0.4) is 0 Å². The molecule has 0 saturated carbocycles. The molecule has 2 rings (SSSR count). The summed E-state index contributed by atoms with van der Waals surface area (Å²) in [4.78, 5) is 6.62. The fourth-order valence-electron chi connectivity index (χ4n) is 1.60. The molecule has 0 saturated heterocycles. The van der Waals surface area contributed by atoms with Crippen LogP contribution in [0.5, 0.6) is 0 Å². The third kappa shape index (κ3) is 2.84. The van der Waals surface area contributed by atoms with Crippen molar-refractivity contribution in [2.45, 2.75) is 6.54 Å². The van der Waals surface area contributed by atoms with Gasteiger partial charge in [-0.15, -0.1) is 11.3 Å². The lowest BCUT2D eigenvalue weighted by atomic mass is 10.1. The first-order valence-corrected chi connectivity index (χ1v) is 6.45. The largest absolute Gasteiger partial charge is 0.354 e. The number of hydrogen-bond donors (Lipinski definition) is 1. The molecule has 17 heavy (non-hydrogen) atoms. The van der Waals surface area contributed by atoms with Gasteiger partial charge in [0.15, 0.2) is 5.13 Å². The number of hydrogen-bond acceptors (Lipinski definition) is 4. The molecule has 1 aromatic carbocycles. The first-order chi connectivity index (χ1) is 8.20. The minimum absolute atomic E-state index is 0.903. The quantitative estimate of drug-likeness (QED) is 0.900. The van der Waals surface area contributed by atoms with Crippen molar-refractivity contribution in [1.82, 2.24) is 10.3 Å². The molecule has 90 valence electrons. The lowest BCUT2D eigenvalue weighted by molar-refractivity contribution is 0.818. The highest BCUT2D eigenvalue weighted by Gasteiger charge is 2.05. The van der Waals surface area contributed by atoms with Crippen LogP contribution in [0.1, 0.15) is 5.56 Å². The summed E-state index contributed by atoms with van der Waals surface area (Å²) >= 11 is 1.67. The summed E-state index contributed by atoms with van der Waals surface area (Å²) in [5.74, 6) is 0. The summed E-state index contributed by atoms with van der Waals surface area (Å²) in [6, 6.07) is 8.53. The normalized spacial score (nSPS) is 10.5. The molecule has 0 spiro atoms. The van der Waals surface area contributed by atoms with Crippen molar-refractivity contribution in [3.63, 3.8) is 0 Å². The molecule has 0 bridgehead atoms. The van der Waals surface area contributed by atoms with Crippen molar-refractivity contribution in [3.8, 4) is 11.3 Å². The molecule has 0 fully saturated rings. The van der Waals surface area contributed by atoms with Gasteiger partial charge in [0.05, 0.1) is 5.69 Å². The molecule has 0 atom stereocenters. The topological polar surface area (TPSA) is 28.2 Å². The zero-order valence-electron chi connectivity index (χ0n) is 10.4. The SMILES string of the molecule is CNCc1ccc(-c2csc(N(C)C)n2)cc1. The van der Waals surface area contributed by atoms with E-state index in [9.17, 15) is 0 Å². The Kier molecular flexibility index (Phi) is 3.76. The second-order valence-electron chi connectivity index (χ2n) is 4.14. The van der Waals surface area contributed by atoms with Crippen molar-refractivity contribution in [1.29, 1.82) is 0 Å². The molecule has 0 amide bonds. The lowest BCUT2D eigenvalue weighted by Gasteiger charge is -2.05. The van der Waals surface area contributed by atoms with Gasteiger partial charge in [0, 0.05) is 31.6 Å². The molecular formula is C13H17N3S. The average Bonchev–Trinajstić information content (AvgIpc) is 2.80. The van der Waals surface area contributed by atoms with Crippen LogP contribution >= 0.6 is 11.3 Å². The smallest absolute Gasteiger partial charge is 0.185 e. The van der Waals surface area contributed by atoms with E-state index >= 15 is 0 Å². The number of nitrogens with one attached hydrogen (secondary N) is 1. The summed E-state index contributed by atoms with van der Waals surface area (Å²) in [5.41, 5.74) is 3.52. The van der Waals surface area contributed by atoms with Crippen LogP contribution in [-0.4, -0.2) is 26.1 Å². The van der Waals surface area contributed by atoms with Crippen molar-refractivity contribution in [2.75, 3.05) is 26.0 Å². The van der Waals surface area contributed by atoms with Crippen LogP contribution in [0, 0.1) is 0 Å². The zero-order chi connectivity index (χ0) is 12.3. The van der Waals surface area contributed by atoms with E-state index in [1.807, 2.05) is 26.0 Å². The Labute approximate surface area is 106 Å². The van der Waals surface area contributed by atoms with Gasteiger partial charge in [-0.1, -0.05) is 24.3 Å². The summed E-state index contributed by atoms with van der Waals surface area (Å²) in [6.07, 6.45) is 0. The van der Waals surface area contributed by atoms with Gasteiger partial charge in [-0.25, -0.2) is 4.98 Å². The zero-order valence-corrected chi connectivity index (χ0v) is 11.2. The Bertz CT molecular complexity index is 474. The maximum atomic E-state index is 4.58. The van der Waals surface area contributed by atoms with Gasteiger partial charge in [0.2, 0.25) is 0 Å². The molecule has 0 unspecified atom stereocenters. The van der Waals surface area contributed by atoms with E-state index in [0.717, 1.165) is 17.4 Å². The fourth-order valence-corrected chi connectivity index (χ4v) is 2.37. The molecule has 0 aliphatic carbocycles. The Balaban J connectivity index is 2.21. The molecule has 1 heterocycles. The third-order valence-corrected chi connectivity index (χ3v) is 3.51. The van der Waals surface area contributed by atoms with E-state index in [-0.39, 0.29) is 0 Å². The van der Waals surface area contributed by atoms with Gasteiger partial charge in [-0.2, -0.15) is 0 Å². The van der Waals surface area contributed by atoms with E-state index in [0.29, 0.717) is 0 Å². The predicted octanol–water partition coefficient (Wildman–Crippen LogP) is 2.60. The highest BCUT2D eigenvalue weighted by Crippen LogP contribution is 2.26. The van der Waals surface area contributed by atoms with Gasteiger partial charge < -0.3 is 10.2 Å². The summed E-state index contributed by atoms with van der Waals surface area (Å²) in [7, 11) is 5.98. The van der Waals surface area contributed by atoms with Gasteiger partial charge in [-0.05, 0) is 12.6 Å². The maximum Gasteiger partial charge on any atom is 0.185 e. The molecular weight excluding hydrogens is 230 g/mol. The minimum Gasteiger partial charge on any atom is -0.354 e. The summed E-state index contributed by atoms with van der Waals surface area (Å²) < 4.78 is 0. The molecule has 0 aliphatic rings. The third-order valence-electron chi connectivity index (χ3n) is 2.51. The summed E-state index contributed by atoms with van der Waals surface area (Å²) in [5, 5.41) is 6.28. The van der Waals surface area contributed by atoms with Crippen molar-refractivity contribution < 1.29 is 0 Å². The highest BCUT2D eigenvalue weighted by atomic mass is 32.1. The predicted molar refractivity (Wildman–Crippen MR) is 74.6 cm³/mol. The van der Waals surface area contributed by atoms with Gasteiger partial charge in [0.1, 0.15) is 0 Å². The number of anilines is 1. The lowest BCUT2D eigenvalue weighted by Crippen LogP contribution is -2.07. The Morgan fingerprint density at radius 1 is 1.24 bits per heavy atom. The number of aromatic nitrogens is 1. The second-order valence-corrected chi connectivity index (χ2v) is 4.97. The number of rotatable bonds is 4. The van der Waals surface area contributed by atoms with Gasteiger partial charge >= 0.3 is 0 Å². The van der Waals surface area contributed by atoms with Gasteiger partial charge in [0.25, 0.3) is 0 Å². The fraction of sp³-hybridized carbons (Fsp3) is 0.308. The van der Waals surface area contributed by atoms with E-state index in [4.69, 9.17) is 0 Å². The van der Waals surface area contributed by atoms with Crippen LogP contribution in [0.4, 0.5) is 5.13 Å². The number of nitrogens with zero attached hydrogens (tertiary/aromatic N) is 2. The molecule has 4 heteroatoms. The minimum atomic E-state index is 0.903. The van der Waals surface area contributed by atoms with Crippen molar-refractivity contribution >= 4 is 16.5 Å². The van der Waals surface area contributed by atoms with Crippen molar-refractivity contribution in [3.05, 3.63) is 35.2 Å². The maximum absolute atomic E-state index is 4.58. The molecule has 1 aromatic heterocycles. The van der Waals surface area contributed by atoms with Gasteiger partial charge in [-0.3, -0.25) is 0 Å². The molecule has 0 radical (unpaired) electrons. The Morgan fingerprint density at radius 3 is 2.47 bits per heavy atom. The molecule has 0 aliphatic heterocycles. The first kappa shape index (κ1) is 12.1.